The molecular weight excluding hydrogens is 314 g/mol. The van der Waals surface area contributed by atoms with Crippen LogP contribution in [0.4, 0.5) is 5.69 Å². The zero-order valence-corrected chi connectivity index (χ0v) is 13.6. The highest BCUT2D eigenvalue weighted by Crippen LogP contribution is 2.24. The Morgan fingerprint density at radius 3 is 2.29 bits per heavy atom. The van der Waals surface area contributed by atoms with Gasteiger partial charge in [-0.2, -0.15) is 0 Å². The standard InChI is InChI=1S/C12H19N3O4S2/c1-3-15(12-4-6-13-7-5-12)21(18,19)10-11-8-14(9-11)20(2,16)17/h4-7,11H,3,8-10H2,1-2H3. The third-order valence-corrected chi connectivity index (χ3v) is 6.68. The molecule has 7 nitrogen and oxygen atoms in total. The highest BCUT2D eigenvalue weighted by atomic mass is 32.2. The smallest absolute Gasteiger partial charge is 0.235 e. The Morgan fingerprint density at radius 2 is 1.81 bits per heavy atom. The molecule has 0 amide bonds. The minimum atomic E-state index is -3.47. The molecule has 0 radical (unpaired) electrons. The van der Waals surface area contributed by atoms with Crippen LogP contribution in [-0.4, -0.2) is 57.8 Å². The summed E-state index contributed by atoms with van der Waals surface area (Å²) in [6, 6.07) is 3.29. The Bertz CT molecular complexity index is 682. The van der Waals surface area contributed by atoms with Crippen LogP contribution in [-0.2, 0) is 20.0 Å². The summed E-state index contributed by atoms with van der Waals surface area (Å²) in [5.74, 6) is -0.199. The number of anilines is 1. The van der Waals surface area contributed by atoms with Gasteiger partial charge in [0.2, 0.25) is 20.0 Å². The van der Waals surface area contributed by atoms with Crippen molar-refractivity contribution in [2.45, 2.75) is 6.92 Å². The number of aromatic nitrogens is 1. The lowest BCUT2D eigenvalue weighted by Gasteiger charge is -2.38. The summed E-state index contributed by atoms with van der Waals surface area (Å²) in [6.45, 7) is 2.63. The topological polar surface area (TPSA) is 87.7 Å². The minimum Gasteiger partial charge on any atom is -0.270 e. The van der Waals surface area contributed by atoms with Gasteiger partial charge in [-0.1, -0.05) is 0 Å². The van der Waals surface area contributed by atoms with E-state index in [1.54, 1.807) is 31.5 Å². The Balaban J connectivity index is 2.06. The Kier molecular flexibility index (Phi) is 4.54. The van der Waals surface area contributed by atoms with Crippen molar-refractivity contribution in [1.82, 2.24) is 9.29 Å². The van der Waals surface area contributed by atoms with E-state index in [1.165, 1.54) is 8.61 Å². The minimum absolute atomic E-state index is 0.0464. The summed E-state index contributed by atoms with van der Waals surface area (Å²) in [5.41, 5.74) is 0.576. The van der Waals surface area contributed by atoms with Crippen LogP contribution in [0.25, 0.3) is 0 Å². The van der Waals surface area contributed by atoms with Crippen molar-refractivity contribution in [3.05, 3.63) is 24.5 Å². The Labute approximate surface area is 125 Å². The first-order valence-electron chi connectivity index (χ1n) is 6.59. The van der Waals surface area contributed by atoms with Gasteiger partial charge in [-0.25, -0.2) is 21.1 Å². The molecule has 0 unspecified atom stereocenters. The van der Waals surface area contributed by atoms with Crippen molar-refractivity contribution in [3.8, 4) is 0 Å². The molecule has 0 saturated carbocycles. The van der Waals surface area contributed by atoms with Gasteiger partial charge in [0.15, 0.2) is 0 Å². The molecule has 118 valence electrons. The molecule has 2 rings (SSSR count). The van der Waals surface area contributed by atoms with Crippen LogP contribution < -0.4 is 4.31 Å². The maximum atomic E-state index is 12.5. The number of hydrogen-bond donors (Lipinski definition) is 0. The van der Waals surface area contributed by atoms with Gasteiger partial charge in [-0.3, -0.25) is 9.29 Å². The fourth-order valence-electron chi connectivity index (χ4n) is 2.34. The van der Waals surface area contributed by atoms with E-state index in [0.717, 1.165) is 6.26 Å². The molecule has 0 spiro atoms. The van der Waals surface area contributed by atoms with E-state index in [0.29, 0.717) is 12.2 Å². The second-order valence-corrected chi connectivity index (χ2v) is 9.02. The number of rotatable bonds is 6. The molecule has 1 aliphatic heterocycles. The summed E-state index contributed by atoms with van der Waals surface area (Å²) in [5, 5.41) is 0. The first-order chi connectivity index (χ1) is 9.74. The van der Waals surface area contributed by atoms with Crippen LogP contribution in [0.3, 0.4) is 0 Å². The number of hydrogen-bond acceptors (Lipinski definition) is 5. The summed E-state index contributed by atoms with van der Waals surface area (Å²) >= 11 is 0. The summed E-state index contributed by atoms with van der Waals surface area (Å²) in [7, 11) is -6.69. The first kappa shape index (κ1) is 16.2. The zero-order chi connectivity index (χ0) is 15.7. The monoisotopic (exact) mass is 333 g/mol. The van der Waals surface area contributed by atoms with E-state index in [1.807, 2.05) is 0 Å². The molecule has 0 bridgehead atoms. The van der Waals surface area contributed by atoms with Crippen molar-refractivity contribution in [2.24, 2.45) is 5.92 Å². The lowest BCUT2D eigenvalue weighted by Crippen LogP contribution is -2.53. The molecule has 0 N–H and O–H groups in total. The van der Waals surface area contributed by atoms with Gasteiger partial charge in [0, 0.05) is 37.9 Å². The van der Waals surface area contributed by atoms with Crippen molar-refractivity contribution < 1.29 is 16.8 Å². The van der Waals surface area contributed by atoms with Gasteiger partial charge in [-0.05, 0) is 19.1 Å². The maximum Gasteiger partial charge on any atom is 0.235 e. The van der Waals surface area contributed by atoms with Gasteiger partial charge in [0.1, 0.15) is 0 Å². The molecule has 9 heteroatoms. The van der Waals surface area contributed by atoms with E-state index < -0.39 is 20.0 Å². The lowest BCUT2D eigenvalue weighted by atomic mass is 10.1. The molecule has 21 heavy (non-hydrogen) atoms. The third-order valence-electron chi connectivity index (χ3n) is 3.41. The van der Waals surface area contributed by atoms with Gasteiger partial charge in [0.25, 0.3) is 0 Å². The molecule has 1 aromatic rings. The maximum absolute atomic E-state index is 12.5. The van der Waals surface area contributed by atoms with E-state index >= 15 is 0 Å². The average Bonchev–Trinajstić information content (AvgIpc) is 2.34. The van der Waals surface area contributed by atoms with Crippen LogP contribution in [0.5, 0.6) is 0 Å². The Morgan fingerprint density at radius 1 is 1.24 bits per heavy atom. The molecule has 1 fully saturated rings. The van der Waals surface area contributed by atoms with Gasteiger partial charge < -0.3 is 0 Å². The molecule has 0 atom stereocenters. The normalized spacial score (nSPS) is 17.4. The second kappa shape index (κ2) is 5.90. The van der Waals surface area contributed by atoms with Crippen LogP contribution >= 0.6 is 0 Å². The third kappa shape index (κ3) is 3.72. The highest BCUT2D eigenvalue weighted by Gasteiger charge is 2.37. The van der Waals surface area contributed by atoms with Gasteiger partial charge >= 0.3 is 0 Å². The van der Waals surface area contributed by atoms with E-state index in [-0.39, 0.29) is 24.8 Å². The van der Waals surface area contributed by atoms with Crippen molar-refractivity contribution in [2.75, 3.05) is 35.9 Å². The molecular formula is C12H19N3O4S2. The molecule has 0 aliphatic carbocycles. The SMILES string of the molecule is CCN(c1ccncc1)S(=O)(=O)CC1CN(S(C)(=O)=O)C1. The number of nitrogens with zero attached hydrogens (tertiary/aromatic N) is 3. The fourth-order valence-corrected chi connectivity index (χ4v) is 5.12. The van der Waals surface area contributed by atoms with Crippen LogP contribution in [0.2, 0.25) is 0 Å². The zero-order valence-electron chi connectivity index (χ0n) is 12.0. The van der Waals surface area contributed by atoms with Crippen LogP contribution in [0.15, 0.2) is 24.5 Å². The number of sulfonamides is 2. The fraction of sp³-hybridized carbons (Fsp3) is 0.583. The van der Waals surface area contributed by atoms with E-state index in [9.17, 15) is 16.8 Å². The molecule has 2 heterocycles. The molecule has 0 aromatic carbocycles. The predicted octanol–water partition coefficient (Wildman–Crippen LogP) is 0.129. The number of pyridine rings is 1. The van der Waals surface area contributed by atoms with Crippen molar-refractivity contribution in [1.29, 1.82) is 0 Å². The van der Waals surface area contributed by atoms with Crippen LogP contribution in [0, 0.1) is 5.92 Å². The molecule has 1 aromatic heterocycles. The summed E-state index contributed by atoms with van der Waals surface area (Å²) in [6.07, 6.45) is 4.22. The highest BCUT2D eigenvalue weighted by molar-refractivity contribution is 7.92. The van der Waals surface area contributed by atoms with E-state index in [2.05, 4.69) is 4.98 Å². The van der Waals surface area contributed by atoms with Crippen molar-refractivity contribution >= 4 is 25.7 Å². The van der Waals surface area contributed by atoms with Crippen LogP contribution in [0.1, 0.15) is 6.92 Å². The average molecular weight is 333 g/mol. The largest absolute Gasteiger partial charge is 0.270 e. The predicted molar refractivity (Wildman–Crippen MR) is 81.0 cm³/mol. The Hall–Kier alpha value is -1.19. The summed E-state index contributed by atoms with van der Waals surface area (Å²) < 4.78 is 50.1. The second-order valence-electron chi connectivity index (χ2n) is 5.09. The first-order valence-corrected chi connectivity index (χ1v) is 10.1. The lowest BCUT2D eigenvalue weighted by molar-refractivity contribution is 0.221. The van der Waals surface area contributed by atoms with Gasteiger partial charge in [0.05, 0.1) is 17.7 Å². The van der Waals surface area contributed by atoms with Crippen molar-refractivity contribution in [3.63, 3.8) is 0 Å². The molecule has 1 saturated heterocycles. The quantitative estimate of drug-likeness (QED) is 0.738. The molecule has 1 aliphatic rings. The summed E-state index contributed by atoms with van der Waals surface area (Å²) in [4.78, 5) is 3.87. The van der Waals surface area contributed by atoms with Gasteiger partial charge in [-0.15, -0.1) is 0 Å². The van der Waals surface area contributed by atoms with E-state index in [4.69, 9.17) is 0 Å².